The number of hydrogen-bond donors (Lipinski definition) is 2. The lowest BCUT2D eigenvalue weighted by atomic mass is 10.0. The summed E-state index contributed by atoms with van der Waals surface area (Å²) in [6.45, 7) is 4.40. The first-order valence-electron chi connectivity index (χ1n) is 7.04. The molecule has 0 heterocycles. The molecule has 2 rings (SSSR count). The lowest BCUT2D eigenvalue weighted by molar-refractivity contribution is 0.374. The van der Waals surface area contributed by atoms with Crippen LogP contribution in [-0.2, 0) is 10.0 Å². The quantitative estimate of drug-likeness (QED) is 0.809. The van der Waals surface area contributed by atoms with E-state index in [1.807, 2.05) is 32.0 Å². The summed E-state index contributed by atoms with van der Waals surface area (Å²) >= 11 is 0. The summed E-state index contributed by atoms with van der Waals surface area (Å²) < 4.78 is 25.4. The molecule has 1 atom stereocenters. The fourth-order valence-corrected chi connectivity index (χ4v) is 3.63. The van der Waals surface area contributed by atoms with E-state index in [1.54, 1.807) is 0 Å². The molecule has 20 heavy (non-hydrogen) atoms. The van der Waals surface area contributed by atoms with Crippen molar-refractivity contribution in [2.45, 2.75) is 38.3 Å². The van der Waals surface area contributed by atoms with E-state index in [9.17, 15) is 8.42 Å². The van der Waals surface area contributed by atoms with Crippen LogP contribution >= 0.6 is 0 Å². The Hall–Kier alpha value is -0.910. The topological polar surface area (TPSA) is 58.2 Å². The van der Waals surface area contributed by atoms with Crippen molar-refractivity contribution in [1.29, 1.82) is 0 Å². The summed E-state index contributed by atoms with van der Waals surface area (Å²) in [6, 6.07) is 10.7. The number of hydrogen-bond acceptors (Lipinski definition) is 3. The molecule has 5 heteroatoms. The zero-order valence-electron chi connectivity index (χ0n) is 12.4. The number of sulfonamides is 1. The van der Waals surface area contributed by atoms with E-state index in [-0.39, 0.29) is 0 Å². The van der Waals surface area contributed by atoms with Crippen LogP contribution in [0.4, 0.5) is 0 Å². The van der Waals surface area contributed by atoms with Crippen LogP contribution in [0.5, 0.6) is 0 Å². The predicted octanol–water partition coefficient (Wildman–Crippen LogP) is 2.06. The SMILES string of the molecule is CC(C)(CNC(c1ccccc1)C1CC1)NS(C)(=O)=O. The number of benzene rings is 1. The summed E-state index contributed by atoms with van der Waals surface area (Å²) in [4.78, 5) is 0. The molecule has 0 aromatic heterocycles. The van der Waals surface area contributed by atoms with Crippen LogP contribution in [0, 0.1) is 5.92 Å². The first kappa shape index (κ1) is 15.5. The van der Waals surface area contributed by atoms with Gasteiger partial charge in [0.05, 0.1) is 6.26 Å². The first-order chi connectivity index (χ1) is 9.27. The molecule has 1 unspecified atom stereocenters. The largest absolute Gasteiger partial charge is 0.308 e. The van der Waals surface area contributed by atoms with Gasteiger partial charge in [-0.3, -0.25) is 0 Å². The summed E-state index contributed by atoms with van der Waals surface area (Å²) in [7, 11) is -3.19. The first-order valence-corrected chi connectivity index (χ1v) is 8.93. The second-order valence-corrected chi connectivity index (χ2v) is 8.11. The highest BCUT2D eigenvalue weighted by molar-refractivity contribution is 7.88. The van der Waals surface area contributed by atoms with Crippen molar-refractivity contribution in [3.8, 4) is 0 Å². The zero-order chi connectivity index (χ0) is 14.8. The summed E-state index contributed by atoms with van der Waals surface area (Å²) in [6.07, 6.45) is 3.68. The number of rotatable bonds is 7. The zero-order valence-corrected chi connectivity index (χ0v) is 13.2. The molecule has 1 aliphatic carbocycles. The van der Waals surface area contributed by atoms with Gasteiger partial charge in [-0.2, -0.15) is 0 Å². The molecule has 1 fully saturated rings. The molecule has 112 valence electrons. The van der Waals surface area contributed by atoms with E-state index >= 15 is 0 Å². The van der Waals surface area contributed by atoms with Crippen LogP contribution in [0.1, 0.15) is 38.3 Å². The van der Waals surface area contributed by atoms with Gasteiger partial charge in [-0.05, 0) is 38.2 Å². The number of nitrogens with one attached hydrogen (secondary N) is 2. The fourth-order valence-electron chi connectivity index (χ4n) is 2.55. The minimum Gasteiger partial charge on any atom is -0.308 e. The van der Waals surface area contributed by atoms with Crippen LogP contribution in [0.15, 0.2) is 30.3 Å². The Labute approximate surface area is 122 Å². The molecule has 0 radical (unpaired) electrons. The van der Waals surface area contributed by atoms with Gasteiger partial charge in [-0.25, -0.2) is 13.1 Å². The summed E-state index contributed by atoms with van der Waals surface area (Å²) in [5.41, 5.74) is 0.792. The van der Waals surface area contributed by atoms with Crippen LogP contribution in [0.3, 0.4) is 0 Å². The van der Waals surface area contributed by atoms with E-state index in [1.165, 1.54) is 24.7 Å². The summed E-state index contributed by atoms with van der Waals surface area (Å²) in [5.74, 6) is 0.673. The Morgan fingerprint density at radius 1 is 1.25 bits per heavy atom. The molecular weight excluding hydrogens is 272 g/mol. The Balaban J connectivity index is 2.00. The Morgan fingerprint density at radius 2 is 1.85 bits per heavy atom. The Bertz CT molecular complexity index is 536. The molecule has 0 spiro atoms. The van der Waals surface area contributed by atoms with Crippen LogP contribution in [0.2, 0.25) is 0 Å². The maximum atomic E-state index is 11.4. The van der Waals surface area contributed by atoms with Gasteiger partial charge in [0, 0.05) is 18.1 Å². The standard InChI is InChI=1S/C15H24N2O2S/c1-15(2,17-20(3,18)19)11-16-14(13-9-10-13)12-7-5-4-6-8-12/h4-8,13-14,16-17H,9-11H2,1-3H3. The molecule has 1 aromatic rings. The third-order valence-electron chi connectivity index (χ3n) is 3.48. The predicted molar refractivity (Wildman–Crippen MR) is 82.0 cm³/mol. The highest BCUT2D eigenvalue weighted by atomic mass is 32.2. The molecule has 1 saturated carbocycles. The van der Waals surface area contributed by atoms with Gasteiger partial charge in [-0.1, -0.05) is 30.3 Å². The second-order valence-electron chi connectivity index (χ2n) is 6.36. The van der Waals surface area contributed by atoms with Gasteiger partial charge < -0.3 is 5.32 Å². The fraction of sp³-hybridized carbons (Fsp3) is 0.600. The van der Waals surface area contributed by atoms with Crippen molar-refractivity contribution in [2.75, 3.05) is 12.8 Å². The maximum Gasteiger partial charge on any atom is 0.209 e. The smallest absolute Gasteiger partial charge is 0.209 e. The minimum atomic E-state index is -3.19. The normalized spacial score (nSPS) is 17.9. The Kier molecular flexibility index (Phi) is 4.52. The Morgan fingerprint density at radius 3 is 2.35 bits per heavy atom. The lowest BCUT2D eigenvalue weighted by Gasteiger charge is -2.29. The van der Waals surface area contributed by atoms with Gasteiger partial charge >= 0.3 is 0 Å². The average molecular weight is 296 g/mol. The van der Waals surface area contributed by atoms with Crippen LogP contribution in [-0.4, -0.2) is 26.8 Å². The summed E-state index contributed by atoms with van der Waals surface area (Å²) in [5, 5.41) is 3.53. The van der Waals surface area contributed by atoms with Gasteiger partial charge in [0.1, 0.15) is 0 Å². The van der Waals surface area contributed by atoms with Gasteiger partial charge in [0.15, 0.2) is 0 Å². The third kappa shape index (κ3) is 4.89. The van der Waals surface area contributed by atoms with E-state index in [4.69, 9.17) is 0 Å². The van der Waals surface area contributed by atoms with Crippen LogP contribution in [0.25, 0.3) is 0 Å². The van der Waals surface area contributed by atoms with Crippen LogP contribution < -0.4 is 10.0 Å². The molecule has 0 bridgehead atoms. The average Bonchev–Trinajstić information content (AvgIpc) is 3.11. The van der Waals surface area contributed by atoms with E-state index in [2.05, 4.69) is 22.2 Å². The molecule has 1 aliphatic rings. The van der Waals surface area contributed by atoms with Gasteiger partial charge in [-0.15, -0.1) is 0 Å². The molecule has 0 saturated heterocycles. The highest BCUT2D eigenvalue weighted by Crippen LogP contribution is 2.41. The molecular formula is C15H24N2O2S. The van der Waals surface area contributed by atoms with Gasteiger partial charge in [0.25, 0.3) is 0 Å². The highest BCUT2D eigenvalue weighted by Gasteiger charge is 2.33. The monoisotopic (exact) mass is 296 g/mol. The molecule has 0 amide bonds. The van der Waals surface area contributed by atoms with Crippen molar-refractivity contribution in [3.05, 3.63) is 35.9 Å². The molecule has 4 nitrogen and oxygen atoms in total. The molecule has 2 N–H and O–H groups in total. The minimum absolute atomic E-state index is 0.317. The van der Waals surface area contributed by atoms with E-state index < -0.39 is 15.6 Å². The van der Waals surface area contributed by atoms with Crippen molar-refractivity contribution in [3.63, 3.8) is 0 Å². The second kappa shape index (κ2) is 5.84. The van der Waals surface area contributed by atoms with E-state index in [0.717, 1.165) is 0 Å². The van der Waals surface area contributed by atoms with Crippen molar-refractivity contribution in [1.82, 2.24) is 10.0 Å². The maximum absolute atomic E-state index is 11.4. The lowest BCUT2D eigenvalue weighted by Crippen LogP contribution is -2.50. The van der Waals surface area contributed by atoms with Crippen molar-refractivity contribution in [2.24, 2.45) is 5.92 Å². The molecule has 0 aliphatic heterocycles. The molecule has 1 aromatic carbocycles. The third-order valence-corrected chi connectivity index (χ3v) is 4.40. The van der Waals surface area contributed by atoms with E-state index in [0.29, 0.717) is 18.5 Å². The van der Waals surface area contributed by atoms with Gasteiger partial charge in [0.2, 0.25) is 10.0 Å². The van der Waals surface area contributed by atoms with Crippen molar-refractivity contribution >= 4 is 10.0 Å². The van der Waals surface area contributed by atoms with Crippen molar-refractivity contribution < 1.29 is 8.42 Å².